The van der Waals surface area contributed by atoms with Crippen LogP contribution in [-0.4, -0.2) is 24.8 Å². The van der Waals surface area contributed by atoms with Gasteiger partial charge in [0.25, 0.3) is 0 Å². The van der Waals surface area contributed by atoms with E-state index in [4.69, 9.17) is 4.74 Å². The molecule has 0 aromatic rings. The fourth-order valence-corrected chi connectivity index (χ4v) is 3.05. The average Bonchev–Trinajstić information content (AvgIpc) is 2.26. The van der Waals surface area contributed by atoms with Crippen molar-refractivity contribution in [1.29, 1.82) is 0 Å². The van der Waals surface area contributed by atoms with E-state index in [1.165, 1.54) is 25.7 Å². The predicted molar refractivity (Wildman–Crippen MR) is 69.7 cm³/mol. The molecule has 0 heterocycles. The van der Waals surface area contributed by atoms with Crippen molar-refractivity contribution in [3.63, 3.8) is 0 Å². The fourth-order valence-electron chi connectivity index (χ4n) is 3.05. The minimum atomic E-state index is 0.249. The van der Waals surface area contributed by atoms with Crippen molar-refractivity contribution in [2.75, 3.05) is 7.11 Å². The zero-order chi connectivity index (χ0) is 12.4. The van der Waals surface area contributed by atoms with Gasteiger partial charge in [-0.05, 0) is 39.5 Å². The van der Waals surface area contributed by atoms with Crippen LogP contribution in [0.25, 0.3) is 0 Å². The number of nitrogens with one attached hydrogen (secondary N) is 1. The Balaban J connectivity index is 2.69. The lowest BCUT2D eigenvalue weighted by Gasteiger charge is -2.57. The van der Waals surface area contributed by atoms with Crippen molar-refractivity contribution >= 4 is 0 Å². The van der Waals surface area contributed by atoms with Gasteiger partial charge in [-0.2, -0.15) is 0 Å². The summed E-state index contributed by atoms with van der Waals surface area (Å²) >= 11 is 0. The Bertz CT molecular complexity index is 221. The highest BCUT2D eigenvalue weighted by molar-refractivity contribution is 5.08. The Hall–Kier alpha value is -0.0800. The maximum atomic E-state index is 5.62. The quantitative estimate of drug-likeness (QED) is 0.751. The normalized spacial score (nSPS) is 28.9. The third-order valence-corrected chi connectivity index (χ3v) is 4.83. The van der Waals surface area contributed by atoms with Crippen molar-refractivity contribution in [2.24, 2.45) is 5.41 Å². The molecule has 0 aromatic carbocycles. The van der Waals surface area contributed by atoms with E-state index in [0.717, 1.165) is 0 Å². The summed E-state index contributed by atoms with van der Waals surface area (Å²) in [6.07, 6.45) is 5.21. The molecule has 1 aliphatic carbocycles. The van der Waals surface area contributed by atoms with E-state index < -0.39 is 0 Å². The summed E-state index contributed by atoms with van der Waals surface area (Å²) in [6, 6.07) is 0.627. The summed E-state index contributed by atoms with van der Waals surface area (Å²) in [5.41, 5.74) is 0.611. The molecule has 96 valence electrons. The third kappa shape index (κ3) is 2.28. The van der Waals surface area contributed by atoms with Gasteiger partial charge in [-0.25, -0.2) is 0 Å². The van der Waals surface area contributed by atoms with Gasteiger partial charge >= 0.3 is 0 Å². The van der Waals surface area contributed by atoms with E-state index in [-0.39, 0.29) is 5.54 Å². The second-order valence-corrected chi connectivity index (χ2v) is 5.83. The molecule has 0 saturated heterocycles. The summed E-state index contributed by atoms with van der Waals surface area (Å²) in [5.74, 6) is 0. The van der Waals surface area contributed by atoms with E-state index in [2.05, 4.69) is 39.9 Å². The molecule has 1 saturated carbocycles. The summed E-state index contributed by atoms with van der Waals surface area (Å²) in [5, 5.41) is 3.82. The lowest BCUT2D eigenvalue weighted by molar-refractivity contribution is -0.129. The molecule has 0 spiro atoms. The van der Waals surface area contributed by atoms with E-state index in [1.54, 1.807) is 0 Å². The number of hydrogen-bond donors (Lipinski definition) is 1. The van der Waals surface area contributed by atoms with Crippen LogP contribution in [0.5, 0.6) is 0 Å². The van der Waals surface area contributed by atoms with Crippen molar-refractivity contribution in [2.45, 2.75) is 78.0 Å². The van der Waals surface area contributed by atoms with Gasteiger partial charge in [-0.3, -0.25) is 0 Å². The van der Waals surface area contributed by atoms with Gasteiger partial charge < -0.3 is 10.1 Å². The molecule has 0 radical (unpaired) electrons. The topological polar surface area (TPSA) is 21.3 Å². The third-order valence-electron chi connectivity index (χ3n) is 4.83. The molecular formula is C14H29NO. The van der Waals surface area contributed by atoms with Gasteiger partial charge in [0, 0.05) is 24.1 Å². The molecule has 1 aliphatic rings. The van der Waals surface area contributed by atoms with Gasteiger partial charge in [0.15, 0.2) is 0 Å². The van der Waals surface area contributed by atoms with Gasteiger partial charge in [-0.1, -0.05) is 20.8 Å². The van der Waals surface area contributed by atoms with E-state index in [0.29, 0.717) is 17.6 Å². The van der Waals surface area contributed by atoms with Gasteiger partial charge in [0.2, 0.25) is 0 Å². The molecule has 1 fully saturated rings. The molecule has 16 heavy (non-hydrogen) atoms. The highest BCUT2D eigenvalue weighted by Crippen LogP contribution is 2.49. The highest BCUT2D eigenvalue weighted by atomic mass is 16.5. The Morgan fingerprint density at radius 3 is 2.19 bits per heavy atom. The molecule has 2 heteroatoms. The first kappa shape index (κ1) is 14.0. The second kappa shape index (κ2) is 5.05. The molecule has 0 bridgehead atoms. The highest BCUT2D eigenvalue weighted by Gasteiger charge is 2.53. The van der Waals surface area contributed by atoms with E-state index >= 15 is 0 Å². The first-order chi connectivity index (χ1) is 7.45. The number of ether oxygens (including phenoxy) is 1. The van der Waals surface area contributed by atoms with Crippen LogP contribution in [-0.2, 0) is 4.74 Å². The SMILES string of the molecule is CCC(C)(C)NC1CC(OC)C1(CC)CC. The molecular weight excluding hydrogens is 198 g/mol. The molecule has 2 unspecified atom stereocenters. The zero-order valence-corrected chi connectivity index (χ0v) is 11.9. The molecule has 1 N–H and O–H groups in total. The van der Waals surface area contributed by atoms with Crippen LogP contribution in [0.1, 0.15) is 60.3 Å². The van der Waals surface area contributed by atoms with Crippen LogP contribution >= 0.6 is 0 Å². The first-order valence-corrected chi connectivity index (χ1v) is 6.76. The summed E-state index contributed by atoms with van der Waals surface area (Å²) < 4.78 is 5.62. The van der Waals surface area contributed by atoms with Crippen LogP contribution in [0.3, 0.4) is 0 Å². The smallest absolute Gasteiger partial charge is 0.0657 e. The minimum Gasteiger partial charge on any atom is -0.381 e. The van der Waals surface area contributed by atoms with Crippen molar-refractivity contribution in [1.82, 2.24) is 5.32 Å². The molecule has 1 rings (SSSR count). The lowest BCUT2D eigenvalue weighted by atomic mass is 9.58. The maximum Gasteiger partial charge on any atom is 0.0657 e. The van der Waals surface area contributed by atoms with Crippen LogP contribution < -0.4 is 5.32 Å². The van der Waals surface area contributed by atoms with Crippen LogP contribution in [0.15, 0.2) is 0 Å². The molecule has 0 aromatic heterocycles. The summed E-state index contributed by atoms with van der Waals surface area (Å²) in [7, 11) is 1.85. The predicted octanol–water partition coefficient (Wildman–Crippen LogP) is 3.36. The first-order valence-electron chi connectivity index (χ1n) is 6.76. The molecule has 0 amide bonds. The Labute approximate surface area is 101 Å². The number of hydrogen-bond acceptors (Lipinski definition) is 2. The van der Waals surface area contributed by atoms with Crippen molar-refractivity contribution < 1.29 is 4.74 Å². The monoisotopic (exact) mass is 227 g/mol. The molecule has 0 aliphatic heterocycles. The minimum absolute atomic E-state index is 0.249. The number of rotatable bonds is 6. The van der Waals surface area contributed by atoms with Crippen LogP contribution in [0, 0.1) is 5.41 Å². The summed E-state index contributed by atoms with van der Waals surface area (Å²) in [4.78, 5) is 0. The molecule has 2 atom stereocenters. The van der Waals surface area contributed by atoms with E-state index in [1.807, 2.05) is 7.11 Å². The van der Waals surface area contributed by atoms with Gasteiger partial charge in [0.05, 0.1) is 6.10 Å². The van der Waals surface area contributed by atoms with E-state index in [9.17, 15) is 0 Å². The van der Waals surface area contributed by atoms with Gasteiger partial charge in [-0.15, -0.1) is 0 Å². The average molecular weight is 227 g/mol. The zero-order valence-electron chi connectivity index (χ0n) is 11.9. The van der Waals surface area contributed by atoms with Crippen molar-refractivity contribution in [3.8, 4) is 0 Å². The van der Waals surface area contributed by atoms with Crippen molar-refractivity contribution in [3.05, 3.63) is 0 Å². The fraction of sp³-hybridized carbons (Fsp3) is 1.00. The lowest BCUT2D eigenvalue weighted by Crippen LogP contribution is -2.66. The maximum absolute atomic E-state index is 5.62. The Morgan fingerprint density at radius 1 is 1.25 bits per heavy atom. The number of methoxy groups -OCH3 is 1. The van der Waals surface area contributed by atoms with Gasteiger partial charge in [0.1, 0.15) is 0 Å². The second-order valence-electron chi connectivity index (χ2n) is 5.83. The Morgan fingerprint density at radius 2 is 1.81 bits per heavy atom. The molecule has 2 nitrogen and oxygen atoms in total. The Kier molecular flexibility index (Phi) is 4.42. The standard InChI is InChI=1S/C14H29NO/c1-7-13(4,5)15-11-10-12(16-6)14(11,8-2)9-3/h11-12,15H,7-10H2,1-6H3. The largest absolute Gasteiger partial charge is 0.381 e. The van der Waals surface area contributed by atoms with Crippen LogP contribution in [0.4, 0.5) is 0 Å². The van der Waals surface area contributed by atoms with Crippen LogP contribution in [0.2, 0.25) is 0 Å². The summed E-state index contributed by atoms with van der Waals surface area (Å²) in [6.45, 7) is 11.4.